The summed E-state index contributed by atoms with van der Waals surface area (Å²) in [5, 5.41) is 8.27. The monoisotopic (exact) mass is 473 g/mol. The van der Waals surface area contributed by atoms with Crippen molar-refractivity contribution in [1.29, 1.82) is 0 Å². The minimum atomic E-state index is 0.0577. The lowest BCUT2D eigenvalue weighted by Crippen LogP contribution is -2.53. The van der Waals surface area contributed by atoms with Crippen LogP contribution >= 0.6 is 0 Å². The van der Waals surface area contributed by atoms with Crippen LogP contribution in [0.2, 0.25) is 0 Å². The van der Waals surface area contributed by atoms with Crippen LogP contribution in [0, 0.1) is 11.3 Å². The van der Waals surface area contributed by atoms with E-state index >= 15 is 0 Å². The molecule has 3 aliphatic rings. The average Bonchev–Trinajstić information content (AvgIpc) is 3.25. The zero-order chi connectivity index (χ0) is 24.2. The number of aromatic nitrogens is 4. The van der Waals surface area contributed by atoms with E-state index in [0.29, 0.717) is 23.9 Å². The summed E-state index contributed by atoms with van der Waals surface area (Å²) in [7, 11) is 0. The first-order valence-corrected chi connectivity index (χ1v) is 12.9. The number of fused-ring (bicyclic) bond motifs is 2. The quantitative estimate of drug-likeness (QED) is 0.593. The van der Waals surface area contributed by atoms with Crippen molar-refractivity contribution in [3.63, 3.8) is 0 Å². The van der Waals surface area contributed by atoms with Crippen molar-refractivity contribution < 1.29 is 4.74 Å². The van der Waals surface area contributed by atoms with Crippen LogP contribution in [0.15, 0.2) is 35.7 Å². The zero-order valence-electron chi connectivity index (χ0n) is 21.2. The molecule has 2 fully saturated rings. The van der Waals surface area contributed by atoms with Crippen molar-refractivity contribution >= 4 is 23.0 Å². The van der Waals surface area contributed by atoms with Gasteiger partial charge in [0.1, 0.15) is 0 Å². The Morgan fingerprint density at radius 3 is 2.71 bits per heavy atom. The Balaban J connectivity index is 1.19. The molecule has 0 aromatic carbocycles. The predicted octanol–water partition coefficient (Wildman–Crippen LogP) is 4.38. The van der Waals surface area contributed by atoms with Gasteiger partial charge >= 0.3 is 0 Å². The number of pyridine rings is 1. The number of nitrogens with one attached hydrogen (secondary N) is 1. The number of morpholine rings is 1. The summed E-state index contributed by atoms with van der Waals surface area (Å²) in [5.74, 6) is 2.05. The fourth-order valence-corrected chi connectivity index (χ4v) is 5.65. The van der Waals surface area contributed by atoms with Gasteiger partial charge < -0.3 is 10.1 Å². The average molecular weight is 474 g/mol. The zero-order valence-corrected chi connectivity index (χ0v) is 21.2. The molecule has 6 rings (SSSR count). The van der Waals surface area contributed by atoms with Crippen LogP contribution < -0.4 is 5.32 Å². The van der Waals surface area contributed by atoms with Gasteiger partial charge in [0.25, 0.3) is 0 Å². The minimum Gasteiger partial charge on any atom is -0.379 e. The molecule has 1 aliphatic carbocycles. The number of rotatable bonds is 5. The van der Waals surface area contributed by atoms with Gasteiger partial charge in [-0.25, -0.2) is 19.5 Å². The Morgan fingerprint density at radius 1 is 1.14 bits per heavy atom. The number of anilines is 1. The summed E-state index contributed by atoms with van der Waals surface area (Å²) in [6.07, 6.45) is 9.08. The molecule has 1 saturated heterocycles. The molecule has 0 unspecified atom stereocenters. The maximum absolute atomic E-state index is 5.48. The summed E-state index contributed by atoms with van der Waals surface area (Å²) >= 11 is 0. The van der Waals surface area contributed by atoms with E-state index in [1.165, 1.54) is 11.3 Å². The molecule has 2 aliphatic heterocycles. The third kappa shape index (κ3) is 4.02. The van der Waals surface area contributed by atoms with Gasteiger partial charge in [-0.05, 0) is 49.8 Å². The number of nitrogens with zero attached hydrogens (tertiary/aromatic N) is 6. The van der Waals surface area contributed by atoms with Crippen molar-refractivity contribution in [1.82, 2.24) is 24.5 Å². The maximum Gasteiger partial charge on any atom is 0.241 e. The number of aliphatic imine (C=N–C) groups is 1. The van der Waals surface area contributed by atoms with Crippen LogP contribution in [-0.2, 0) is 11.2 Å². The third-order valence-electron chi connectivity index (χ3n) is 8.61. The minimum absolute atomic E-state index is 0.0577. The lowest BCUT2D eigenvalue weighted by molar-refractivity contribution is -0.00443. The van der Waals surface area contributed by atoms with Crippen LogP contribution in [0.5, 0.6) is 0 Å². The van der Waals surface area contributed by atoms with Gasteiger partial charge in [-0.15, -0.1) is 5.10 Å². The van der Waals surface area contributed by atoms with Crippen molar-refractivity contribution in [2.75, 3.05) is 31.6 Å². The SMILES string of the molecule is CC1=Nc2ncc(-c3ccn4nc(NC5CC(N6CCOCC6)C5)ncc34)cc2C[C@@]1(C)C(C)C. The van der Waals surface area contributed by atoms with E-state index in [1.54, 1.807) is 0 Å². The predicted molar refractivity (Wildman–Crippen MR) is 138 cm³/mol. The van der Waals surface area contributed by atoms with Gasteiger partial charge in [0.05, 0.1) is 24.9 Å². The highest BCUT2D eigenvalue weighted by Gasteiger charge is 2.36. The van der Waals surface area contributed by atoms with Gasteiger partial charge in [-0.2, -0.15) is 0 Å². The first-order valence-electron chi connectivity index (χ1n) is 12.9. The largest absolute Gasteiger partial charge is 0.379 e. The Bertz CT molecular complexity index is 1270. The van der Waals surface area contributed by atoms with E-state index in [1.807, 2.05) is 23.1 Å². The molecule has 5 heterocycles. The van der Waals surface area contributed by atoms with Crippen LogP contribution in [0.25, 0.3) is 16.6 Å². The lowest BCUT2D eigenvalue weighted by atomic mass is 9.70. The smallest absolute Gasteiger partial charge is 0.241 e. The molecule has 0 amide bonds. The Morgan fingerprint density at radius 2 is 1.94 bits per heavy atom. The van der Waals surface area contributed by atoms with Gasteiger partial charge in [0.15, 0.2) is 5.82 Å². The summed E-state index contributed by atoms with van der Waals surface area (Å²) < 4.78 is 7.40. The molecule has 8 nitrogen and oxygen atoms in total. The first-order chi connectivity index (χ1) is 16.9. The van der Waals surface area contributed by atoms with Crippen LogP contribution in [0.1, 0.15) is 46.1 Å². The fourth-order valence-electron chi connectivity index (χ4n) is 5.65. The van der Waals surface area contributed by atoms with Crippen molar-refractivity contribution in [3.8, 4) is 11.1 Å². The summed E-state index contributed by atoms with van der Waals surface area (Å²) in [6, 6.07) is 5.44. The Kier molecular flexibility index (Phi) is 5.60. The van der Waals surface area contributed by atoms with Crippen molar-refractivity contribution in [3.05, 3.63) is 36.3 Å². The highest BCUT2D eigenvalue weighted by atomic mass is 16.5. The van der Waals surface area contributed by atoms with Gasteiger partial charge in [0.2, 0.25) is 5.95 Å². The Hall–Kier alpha value is -2.84. The standard InChI is InChI=1S/C27H35N7O/c1-17(2)27(4)14-19-11-20(15-28-25(19)30-18(27)3)23-5-6-34-24(23)16-29-26(32-34)31-21-12-22(13-21)33-7-9-35-10-8-33/h5-6,11,15-17,21-22H,7-10,12-14H2,1-4H3,(H,31,32)/t21?,22?,27-/m0/s1. The van der Waals surface area contributed by atoms with E-state index in [9.17, 15) is 0 Å². The van der Waals surface area contributed by atoms with Gasteiger partial charge in [-0.1, -0.05) is 20.8 Å². The molecule has 35 heavy (non-hydrogen) atoms. The topological polar surface area (TPSA) is 79.9 Å². The fraction of sp³-hybridized carbons (Fsp3) is 0.556. The van der Waals surface area contributed by atoms with E-state index in [2.05, 4.69) is 55.0 Å². The van der Waals surface area contributed by atoms with E-state index in [0.717, 1.165) is 68.0 Å². The third-order valence-corrected chi connectivity index (χ3v) is 8.61. The number of ether oxygens (including phenoxy) is 1. The molecular formula is C27H35N7O. The highest BCUT2D eigenvalue weighted by molar-refractivity contribution is 5.92. The molecule has 3 aromatic rings. The second kappa shape index (κ2) is 8.68. The van der Waals surface area contributed by atoms with Gasteiger partial charge in [0, 0.05) is 59.8 Å². The molecule has 0 radical (unpaired) electrons. The molecule has 184 valence electrons. The molecule has 0 spiro atoms. The summed E-state index contributed by atoms with van der Waals surface area (Å²) in [5.41, 5.74) is 5.61. The lowest BCUT2D eigenvalue weighted by Gasteiger charge is -2.44. The van der Waals surface area contributed by atoms with Crippen LogP contribution in [0.3, 0.4) is 0 Å². The second-order valence-electron chi connectivity index (χ2n) is 10.9. The van der Waals surface area contributed by atoms with Crippen molar-refractivity contribution in [2.24, 2.45) is 16.3 Å². The maximum atomic E-state index is 5.48. The number of hydrogen-bond acceptors (Lipinski definition) is 7. The van der Waals surface area contributed by atoms with Crippen molar-refractivity contribution in [2.45, 2.75) is 59.0 Å². The normalized spacial score (nSPS) is 26.9. The second-order valence-corrected chi connectivity index (χ2v) is 10.9. The molecule has 0 bridgehead atoms. The highest BCUT2D eigenvalue weighted by Crippen LogP contribution is 2.41. The Labute approximate surface area is 206 Å². The molecule has 1 N–H and O–H groups in total. The van der Waals surface area contributed by atoms with Crippen LogP contribution in [-0.4, -0.2) is 68.6 Å². The molecule has 3 aromatic heterocycles. The summed E-state index contributed by atoms with van der Waals surface area (Å²) in [6.45, 7) is 12.8. The number of hydrogen-bond donors (Lipinski definition) is 1. The molecule has 1 atom stereocenters. The molecule has 8 heteroatoms. The van der Waals surface area contributed by atoms with E-state index in [4.69, 9.17) is 19.8 Å². The van der Waals surface area contributed by atoms with Crippen LogP contribution in [0.4, 0.5) is 11.8 Å². The first kappa shape index (κ1) is 22.6. The van der Waals surface area contributed by atoms with Gasteiger partial charge in [-0.3, -0.25) is 4.90 Å². The molecular weight excluding hydrogens is 438 g/mol. The summed E-state index contributed by atoms with van der Waals surface area (Å²) in [4.78, 5) is 16.8. The van der Waals surface area contributed by atoms with E-state index < -0.39 is 0 Å². The molecule has 1 saturated carbocycles. The van der Waals surface area contributed by atoms with E-state index in [-0.39, 0.29) is 5.41 Å².